The fourth-order valence-corrected chi connectivity index (χ4v) is 5.89. The highest BCUT2D eigenvalue weighted by atomic mass is 32.2. The van der Waals surface area contributed by atoms with Gasteiger partial charge in [-0.15, -0.1) is 10.2 Å². The predicted molar refractivity (Wildman–Crippen MR) is 91.9 cm³/mol. The molecule has 2 amide bonds. The van der Waals surface area contributed by atoms with Crippen LogP contribution in [-0.4, -0.2) is 41.4 Å². The van der Waals surface area contributed by atoms with E-state index in [9.17, 15) is 9.59 Å². The summed E-state index contributed by atoms with van der Waals surface area (Å²) in [5.41, 5.74) is 0.0854. The molecular weight excluding hydrogens is 340 g/mol. The molecule has 25 heavy (non-hydrogen) atoms. The molecule has 4 saturated carbocycles. The number of carbonyl (C=O) groups excluding carboxylic acids is 2. The molecule has 1 aromatic rings. The van der Waals surface area contributed by atoms with Gasteiger partial charge in [-0.05, 0) is 56.3 Å². The van der Waals surface area contributed by atoms with Gasteiger partial charge in [0.2, 0.25) is 17.7 Å². The number of nitrogens with zero attached hydrogens (tertiary/aromatic N) is 2. The standard InChI is InChI=1S/C17H24N4O3S/c1-18-13(22)8-19-14(23)9-25-16-21-20-15(24-16)17-5-10-2-11(6-17)4-12(3-10)7-17/h10-12H,2-9H2,1H3,(H,18,22)(H,19,23). The molecule has 0 aromatic carbocycles. The van der Waals surface area contributed by atoms with Crippen LogP contribution in [0.5, 0.6) is 0 Å². The van der Waals surface area contributed by atoms with E-state index in [1.165, 1.54) is 57.3 Å². The van der Waals surface area contributed by atoms with Crippen molar-refractivity contribution in [1.82, 2.24) is 20.8 Å². The van der Waals surface area contributed by atoms with Crippen molar-refractivity contribution in [3.8, 4) is 0 Å². The lowest BCUT2D eigenvalue weighted by Crippen LogP contribution is -2.48. The number of nitrogens with one attached hydrogen (secondary N) is 2. The van der Waals surface area contributed by atoms with Crippen LogP contribution in [0.3, 0.4) is 0 Å². The van der Waals surface area contributed by atoms with Crippen LogP contribution in [-0.2, 0) is 15.0 Å². The van der Waals surface area contributed by atoms with Gasteiger partial charge in [0.05, 0.1) is 12.3 Å². The molecule has 0 radical (unpaired) electrons. The third kappa shape index (κ3) is 3.41. The Morgan fingerprint density at radius 1 is 1.12 bits per heavy atom. The van der Waals surface area contributed by atoms with E-state index < -0.39 is 0 Å². The van der Waals surface area contributed by atoms with Crippen molar-refractivity contribution in [1.29, 1.82) is 0 Å². The van der Waals surface area contributed by atoms with E-state index in [0.29, 0.717) is 5.22 Å². The second-order valence-corrected chi connectivity index (χ2v) is 8.74. The van der Waals surface area contributed by atoms with Crippen molar-refractivity contribution in [2.75, 3.05) is 19.3 Å². The largest absolute Gasteiger partial charge is 0.415 e. The molecule has 7 nitrogen and oxygen atoms in total. The number of aromatic nitrogens is 2. The molecule has 5 rings (SSSR count). The van der Waals surface area contributed by atoms with Gasteiger partial charge >= 0.3 is 0 Å². The van der Waals surface area contributed by atoms with Crippen molar-refractivity contribution < 1.29 is 14.0 Å². The summed E-state index contributed by atoms with van der Waals surface area (Å²) >= 11 is 1.23. The van der Waals surface area contributed by atoms with E-state index in [1.54, 1.807) is 0 Å². The summed E-state index contributed by atoms with van der Waals surface area (Å²) in [6.07, 6.45) is 7.66. The topological polar surface area (TPSA) is 97.1 Å². The second-order valence-electron chi connectivity index (χ2n) is 7.81. The molecule has 0 saturated heterocycles. The Labute approximate surface area is 151 Å². The van der Waals surface area contributed by atoms with Crippen LogP contribution in [0.25, 0.3) is 0 Å². The average Bonchev–Trinajstić information content (AvgIpc) is 3.06. The van der Waals surface area contributed by atoms with Gasteiger partial charge in [-0.3, -0.25) is 9.59 Å². The van der Waals surface area contributed by atoms with Gasteiger partial charge in [-0.25, -0.2) is 0 Å². The van der Waals surface area contributed by atoms with Crippen molar-refractivity contribution in [2.45, 2.75) is 49.2 Å². The minimum absolute atomic E-state index is 0.0156. The van der Waals surface area contributed by atoms with E-state index >= 15 is 0 Å². The molecule has 136 valence electrons. The first-order valence-corrected chi connectivity index (χ1v) is 9.99. The maximum Gasteiger partial charge on any atom is 0.277 e. The van der Waals surface area contributed by atoms with Crippen LogP contribution >= 0.6 is 11.8 Å². The molecule has 4 aliphatic rings. The summed E-state index contributed by atoms with van der Waals surface area (Å²) in [5, 5.41) is 13.9. The van der Waals surface area contributed by atoms with E-state index in [4.69, 9.17) is 4.42 Å². The zero-order valence-electron chi connectivity index (χ0n) is 14.4. The molecular formula is C17H24N4O3S. The number of likely N-dealkylation sites (N-methyl/N-ethyl adjacent to an activating group) is 1. The quantitative estimate of drug-likeness (QED) is 0.743. The SMILES string of the molecule is CNC(=O)CNC(=O)CSc1nnc(C23CC4CC(CC(C4)C2)C3)o1. The number of amides is 2. The van der Waals surface area contributed by atoms with Crippen LogP contribution in [0.15, 0.2) is 9.64 Å². The van der Waals surface area contributed by atoms with E-state index in [0.717, 1.165) is 23.6 Å². The van der Waals surface area contributed by atoms with Gasteiger partial charge in [-0.1, -0.05) is 11.8 Å². The van der Waals surface area contributed by atoms with Gasteiger partial charge in [0.15, 0.2) is 0 Å². The van der Waals surface area contributed by atoms with Crippen LogP contribution < -0.4 is 10.6 Å². The molecule has 1 aromatic heterocycles. The number of hydrogen-bond donors (Lipinski definition) is 2. The van der Waals surface area contributed by atoms with Crippen molar-refractivity contribution in [3.05, 3.63) is 5.89 Å². The Balaban J connectivity index is 1.35. The Bertz CT molecular complexity index is 639. The van der Waals surface area contributed by atoms with Crippen LogP contribution in [0.1, 0.15) is 44.4 Å². The molecule has 0 spiro atoms. The molecule has 8 heteroatoms. The lowest BCUT2D eigenvalue weighted by Gasteiger charge is -2.55. The van der Waals surface area contributed by atoms with Crippen LogP contribution in [0, 0.1) is 17.8 Å². The molecule has 1 heterocycles. The molecule has 2 N–H and O–H groups in total. The fourth-order valence-electron chi connectivity index (χ4n) is 5.30. The van der Waals surface area contributed by atoms with E-state index in [2.05, 4.69) is 20.8 Å². The highest BCUT2D eigenvalue weighted by Crippen LogP contribution is 2.60. The third-order valence-corrected chi connectivity index (χ3v) is 6.77. The van der Waals surface area contributed by atoms with Crippen molar-refractivity contribution in [3.63, 3.8) is 0 Å². The van der Waals surface area contributed by atoms with Crippen molar-refractivity contribution in [2.24, 2.45) is 17.8 Å². The molecule has 0 unspecified atom stereocenters. The first-order valence-electron chi connectivity index (χ1n) is 9.00. The Kier molecular flexibility index (Phi) is 4.47. The fraction of sp³-hybridized carbons (Fsp3) is 0.765. The predicted octanol–water partition coefficient (Wildman–Crippen LogP) is 1.49. The third-order valence-electron chi connectivity index (χ3n) is 5.95. The molecule has 0 aliphatic heterocycles. The Morgan fingerprint density at radius 3 is 2.36 bits per heavy atom. The smallest absolute Gasteiger partial charge is 0.277 e. The maximum absolute atomic E-state index is 11.8. The van der Waals surface area contributed by atoms with Gasteiger partial charge in [0.25, 0.3) is 5.22 Å². The second kappa shape index (κ2) is 6.63. The normalized spacial score (nSPS) is 32.6. The Hall–Kier alpha value is -1.57. The first-order chi connectivity index (χ1) is 12.1. The van der Waals surface area contributed by atoms with Crippen LogP contribution in [0.4, 0.5) is 0 Å². The van der Waals surface area contributed by atoms with Gasteiger partial charge in [-0.2, -0.15) is 0 Å². The van der Waals surface area contributed by atoms with Gasteiger partial charge < -0.3 is 15.1 Å². The highest BCUT2D eigenvalue weighted by molar-refractivity contribution is 7.99. The lowest BCUT2D eigenvalue weighted by molar-refractivity contribution is -0.124. The molecule has 4 fully saturated rings. The van der Waals surface area contributed by atoms with E-state index in [-0.39, 0.29) is 29.5 Å². The van der Waals surface area contributed by atoms with Crippen molar-refractivity contribution >= 4 is 23.6 Å². The van der Waals surface area contributed by atoms with Crippen LogP contribution in [0.2, 0.25) is 0 Å². The lowest BCUT2D eigenvalue weighted by atomic mass is 9.49. The highest BCUT2D eigenvalue weighted by Gasteiger charge is 2.54. The molecule has 0 atom stereocenters. The molecule has 4 aliphatic carbocycles. The minimum atomic E-state index is -0.222. The first kappa shape index (κ1) is 16.9. The molecule has 4 bridgehead atoms. The zero-order chi connectivity index (χ0) is 17.4. The minimum Gasteiger partial charge on any atom is -0.415 e. The summed E-state index contributed by atoms with van der Waals surface area (Å²) in [7, 11) is 1.54. The van der Waals surface area contributed by atoms with Gasteiger partial charge in [0, 0.05) is 12.5 Å². The number of hydrogen-bond acceptors (Lipinski definition) is 6. The number of rotatable bonds is 6. The summed E-state index contributed by atoms with van der Waals surface area (Å²) in [6.45, 7) is -0.0156. The summed E-state index contributed by atoms with van der Waals surface area (Å²) in [4.78, 5) is 22.9. The Morgan fingerprint density at radius 2 is 1.76 bits per heavy atom. The summed E-state index contributed by atoms with van der Waals surface area (Å²) in [5.74, 6) is 2.97. The number of carbonyl (C=O) groups is 2. The monoisotopic (exact) mass is 364 g/mol. The van der Waals surface area contributed by atoms with E-state index in [1.807, 2.05) is 0 Å². The summed E-state index contributed by atoms with van der Waals surface area (Å²) < 4.78 is 5.95. The summed E-state index contributed by atoms with van der Waals surface area (Å²) in [6, 6.07) is 0. The number of thioether (sulfide) groups is 1. The van der Waals surface area contributed by atoms with Gasteiger partial charge in [0.1, 0.15) is 0 Å². The maximum atomic E-state index is 11.8. The zero-order valence-corrected chi connectivity index (χ0v) is 15.2. The average molecular weight is 364 g/mol.